The van der Waals surface area contributed by atoms with Crippen LogP contribution in [0, 0.1) is 18.8 Å². The minimum atomic E-state index is 0.0577. The molecule has 2 unspecified atom stereocenters. The molecule has 0 aliphatic carbocycles. The van der Waals surface area contributed by atoms with Crippen LogP contribution in [0.15, 0.2) is 18.2 Å². The summed E-state index contributed by atoms with van der Waals surface area (Å²) in [5, 5.41) is 6.08. The first-order valence-corrected chi connectivity index (χ1v) is 5.62. The molecule has 0 bridgehead atoms. The summed E-state index contributed by atoms with van der Waals surface area (Å²) < 4.78 is 0. The zero-order valence-corrected chi connectivity index (χ0v) is 9.66. The van der Waals surface area contributed by atoms with Gasteiger partial charge in [-0.25, -0.2) is 4.98 Å². The monoisotopic (exact) mass is 219 g/mol. The van der Waals surface area contributed by atoms with E-state index >= 15 is 0 Å². The average Bonchev–Trinajstić information content (AvgIpc) is 2.64. The number of anilines is 1. The van der Waals surface area contributed by atoms with E-state index in [1.807, 2.05) is 25.1 Å². The Hall–Kier alpha value is -1.42. The molecule has 1 aromatic heterocycles. The maximum atomic E-state index is 11.9. The van der Waals surface area contributed by atoms with Crippen molar-refractivity contribution >= 4 is 11.7 Å². The summed E-state index contributed by atoms with van der Waals surface area (Å²) in [7, 11) is 0. The van der Waals surface area contributed by atoms with Crippen LogP contribution in [-0.4, -0.2) is 24.0 Å². The van der Waals surface area contributed by atoms with Crippen LogP contribution in [0.4, 0.5) is 5.82 Å². The van der Waals surface area contributed by atoms with Gasteiger partial charge in [-0.3, -0.25) is 4.79 Å². The van der Waals surface area contributed by atoms with Gasteiger partial charge in [-0.2, -0.15) is 0 Å². The van der Waals surface area contributed by atoms with E-state index in [1.54, 1.807) is 0 Å². The third kappa shape index (κ3) is 2.39. The lowest BCUT2D eigenvalue weighted by Crippen LogP contribution is -2.28. The zero-order valence-electron chi connectivity index (χ0n) is 9.66. The van der Waals surface area contributed by atoms with Crippen LogP contribution in [-0.2, 0) is 4.79 Å². The van der Waals surface area contributed by atoms with Crippen molar-refractivity contribution in [3.8, 4) is 0 Å². The molecule has 0 saturated carbocycles. The second kappa shape index (κ2) is 4.61. The molecular weight excluding hydrogens is 202 g/mol. The molecule has 1 saturated heterocycles. The molecule has 0 radical (unpaired) electrons. The molecule has 0 aromatic carbocycles. The summed E-state index contributed by atoms with van der Waals surface area (Å²) in [6.45, 7) is 5.68. The summed E-state index contributed by atoms with van der Waals surface area (Å²) in [6.07, 6.45) is 0. The molecule has 2 heterocycles. The zero-order chi connectivity index (χ0) is 11.5. The summed E-state index contributed by atoms with van der Waals surface area (Å²) in [4.78, 5) is 16.2. The SMILES string of the molecule is Cc1cccc(NC(=O)C2CNCC2C)n1. The Morgan fingerprint density at radius 1 is 1.50 bits per heavy atom. The number of carbonyl (C=O) groups is 1. The molecule has 2 atom stereocenters. The summed E-state index contributed by atoms with van der Waals surface area (Å²) in [6, 6.07) is 5.63. The van der Waals surface area contributed by atoms with Crippen molar-refractivity contribution in [1.82, 2.24) is 10.3 Å². The summed E-state index contributed by atoms with van der Waals surface area (Å²) in [5.74, 6) is 1.16. The highest BCUT2D eigenvalue weighted by Gasteiger charge is 2.29. The fraction of sp³-hybridized carbons (Fsp3) is 0.500. The van der Waals surface area contributed by atoms with Crippen LogP contribution in [0.5, 0.6) is 0 Å². The highest BCUT2D eigenvalue weighted by Crippen LogP contribution is 2.17. The van der Waals surface area contributed by atoms with E-state index in [0.29, 0.717) is 11.7 Å². The number of hydrogen-bond acceptors (Lipinski definition) is 3. The Labute approximate surface area is 95.5 Å². The summed E-state index contributed by atoms with van der Waals surface area (Å²) in [5.41, 5.74) is 0.912. The van der Waals surface area contributed by atoms with Crippen molar-refractivity contribution in [2.75, 3.05) is 18.4 Å². The Morgan fingerprint density at radius 2 is 2.31 bits per heavy atom. The van der Waals surface area contributed by atoms with Crippen molar-refractivity contribution in [1.29, 1.82) is 0 Å². The second-order valence-electron chi connectivity index (χ2n) is 4.40. The molecule has 4 heteroatoms. The van der Waals surface area contributed by atoms with Crippen molar-refractivity contribution in [3.05, 3.63) is 23.9 Å². The van der Waals surface area contributed by atoms with Gasteiger partial charge in [0.15, 0.2) is 0 Å². The number of amides is 1. The van der Waals surface area contributed by atoms with E-state index in [-0.39, 0.29) is 11.8 Å². The first kappa shape index (κ1) is 11.1. The molecule has 1 amide bonds. The van der Waals surface area contributed by atoms with Crippen molar-refractivity contribution in [3.63, 3.8) is 0 Å². The van der Waals surface area contributed by atoms with Gasteiger partial charge >= 0.3 is 0 Å². The molecule has 1 aliphatic rings. The Bertz CT molecular complexity index is 392. The minimum Gasteiger partial charge on any atom is -0.316 e. The average molecular weight is 219 g/mol. The highest BCUT2D eigenvalue weighted by atomic mass is 16.2. The number of rotatable bonds is 2. The lowest BCUT2D eigenvalue weighted by atomic mass is 9.97. The van der Waals surface area contributed by atoms with Gasteiger partial charge in [0.25, 0.3) is 0 Å². The highest BCUT2D eigenvalue weighted by molar-refractivity contribution is 5.92. The fourth-order valence-electron chi connectivity index (χ4n) is 1.99. The van der Waals surface area contributed by atoms with Gasteiger partial charge in [-0.15, -0.1) is 0 Å². The van der Waals surface area contributed by atoms with Crippen LogP contribution in [0.2, 0.25) is 0 Å². The number of nitrogens with one attached hydrogen (secondary N) is 2. The maximum Gasteiger partial charge on any atom is 0.230 e. The standard InChI is InChI=1S/C12H17N3O/c1-8-6-13-7-10(8)12(16)15-11-5-3-4-9(2)14-11/h3-5,8,10,13H,6-7H2,1-2H3,(H,14,15,16). The third-order valence-corrected chi connectivity index (χ3v) is 2.99. The normalized spacial score (nSPS) is 24.4. The maximum absolute atomic E-state index is 11.9. The van der Waals surface area contributed by atoms with Gasteiger partial charge < -0.3 is 10.6 Å². The fourth-order valence-corrected chi connectivity index (χ4v) is 1.99. The first-order chi connectivity index (χ1) is 7.66. The number of pyridine rings is 1. The van der Waals surface area contributed by atoms with Crippen LogP contribution in [0.1, 0.15) is 12.6 Å². The Balaban J connectivity index is 2.02. The van der Waals surface area contributed by atoms with Gasteiger partial charge in [0.1, 0.15) is 5.82 Å². The Kier molecular flexibility index (Phi) is 3.19. The van der Waals surface area contributed by atoms with Gasteiger partial charge in [0, 0.05) is 12.2 Å². The van der Waals surface area contributed by atoms with Crippen LogP contribution < -0.4 is 10.6 Å². The molecule has 86 valence electrons. The molecule has 16 heavy (non-hydrogen) atoms. The van der Waals surface area contributed by atoms with E-state index in [1.165, 1.54) is 0 Å². The first-order valence-electron chi connectivity index (χ1n) is 5.62. The number of aryl methyl sites for hydroxylation is 1. The predicted octanol–water partition coefficient (Wildman–Crippen LogP) is 1.18. The van der Waals surface area contributed by atoms with E-state index in [2.05, 4.69) is 22.5 Å². The quantitative estimate of drug-likeness (QED) is 0.785. The molecule has 1 aromatic rings. The van der Waals surface area contributed by atoms with Crippen molar-refractivity contribution < 1.29 is 4.79 Å². The van der Waals surface area contributed by atoms with Gasteiger partial charge in [-0.1, -0.05) is 13.0 Å². The lowest BCUT2D eigenvalue weighted by Gasteiger charge is -2.13. The second-order valence-corrected chi connectivity index (χ2v) is 4.40. The number of aromatic nitrogens is 1. The third-order valence-electron chi connectivity index (χ3n) is 2.99. The molecule has 1 fully saturated rings. The molecule has 4 nitrogen and oxygen atoms in total. The largest absolute Gasteiger partial charge is 0.316 e. The topological polar surface area (TPSA) is 54.0 Å². The number of carbonyl (C=O) groups excluding carboxylic acids is 1. The smallest absolute Gasteiger partial charge is 0.230 e. The van der Waals surface area contributed by atoms with E-state index < -0.39 is 0 Å². The number of hydrogen-bond donors (Lipinski definition) is 2. The van der Waals surface area contributed by atoms with Gasteiger partial charge in [-0.05, 0) is 31.5 Å². The predicted molar refractivity (Wildman–Crippen MR) is 63.1 cm³/mol. The summed E-state index contributed by atoms with van der Waals surface area (Å²) >= 11 is 0. The molecule has 2 N–H and O–H groups in total. The van der Waals surface area contributed by atoms with E-state index in [4.69, 9.17) is 0 Å². The minimum absolute atomic E-state index is 0.0577. The molecule has 2 rings (SSSR count). The molecular formula is C12H17N3O. The van der Waals surface area contributed by atoms with E-state index in [0.717, 1.165) is 18.8 Å². The van der Waals surface area contributed by atoms with Crippen molar-refractivity contribution in [2.45, 2.75) is 13.8 Å². The molecule has 1 aliphatic heterocycles. The lowest BCUT2D eigenvalue weighted by molar-refractivity contribution is -0.120. The van der Waals surface area contributed by atoms with E-state index in [9.17, 15) is 4.79 Å². The number of nitrogens with zero attached hydrogens (tertiary/aromatic N) is 1. The van der Waals surface area contributed by atoms with Crippen LogP contribution in [0.25, 0.3) is 0 Å². The van der Waals surface area contributed by atoms with Gasteiger partial charge in [0.05, 0.1) is 5.92 Å². The van der Waals surface area contributed by atoms with Crippen LogP contribution in [0.3, 0.4) is 0 Å². The molecule has 0 spiro atoms. The van der Waals surface area contributed by atoms with Crippen LogP contribution >= 0.6 is 0 Å². The van der Waals surface area contributed by atoms with Crippen molar-refractivity contribution in [2.24, 2.45) is 11.8 Å². The Morgan fingerprint density at radius 3 is 2.94 bits per heavy atom. The van der Waals surface area contributed by atoms with Gasteiger partial charge in [0.2, 0.25) is 5.91 Å².